The molecule has 4 nitrogen and oxygen atoms in total. The Hall–Kier alpha value is -1.01. The Morgan fingerprint density at radius 3 is 2.90 bits per heavy atom. The van der Waals surface area contributed by atoms with Gasteiger partial charge in [-0.1, -0.05) is 37.1 Å². The molecular weight excluding hydrogens is 288 g/mol. The van der Waals surface area contributed by atoms with Gasteiger partial charge < -0.3 is 5.43 Å². The van der Waals surface area contributed by atoms with Crippen molar-refractivity contribution in [3.05, 3.63) is 28.2 Å². The Bertz CT molecular complexity index is 572. The number of thioether (sulfide) groups is 1. The van der Waals surface area contributed by atoms with Crippen molar-refractivity contribution < 1.29 is 0 Å². The minimum absolute atomic E-state index is 0.380. The van der Waals surface area contributed by atoms with Crippen LogP contribution in [0.2, 0.25) is 0 Å². The second-order valence-corrected chi connectivity index (χ2v) is 7.49. The lowest BCUT2D eigenvalue weighted by Crippen LogP contribution is -2.29. The summed E-state index contributed by atoms with van der Waals surface area (Å²) in [6.07, 6.45) is 6.54. The molecule has 1 aliphatic heterocycles. The Morgan fingerprint density at radius 1 is 1.20 bits per heavy atom. The van der Waals surface area contributed by atoms with Crippen LogP contribution in [-0.2, 0) is 0 Å². The van der Waals surface area contributed by atoms with Crippen molar-refractivity contribution in [3.63, 3.8) is 0 Å². The molecule has 1 aliphatic carbocycles. The topological polar surface area (TPSA) is 42.7 Å². The van der Waals surface area contributed by atoms with Gasteiger partial charge in [0.1, 0.15) is 0 Å². The molecule has 1 fully saturated rings. The van der Waals surface area contributed by atoms with Crippen LogP contribution in [0.15, 0.2) is 22.7 Å². The highest BCUT2D eigenvalue weighted by molar-refractivity contribution is 7.99. The first-order valence-electron chi connectivity index (χ1n) is 7.30. The summed E-state index contributed by atoms with van der Waals surface area (Å²) in [5, 5.41) is 12.0. The fraction of sp³-hybridized carbons (Fsp3) is 0.571. The number of nitrogens with zero attached hydrogens (tertiary/aromatic N) is 3. The van der Waals surface area contributed by atoms with E-state index in [1.54, 1.807) is 0 Å². The molecule has 0 spiro atoms. The van der Waals surface area contributed by atoms with Crippen molar-refractivity contribution in [2.45, 2.75) is 49.2 Å². The highest BCUT2D eigenvalue weighted by atomic mass is 32.2. The number of thiophene rings is 1. The molecule has 2 aromatic heterocycles. The lowest BCUT2D eigenvalue weighted by Gasteiger charge is -2.28. The lowest BCUT2D eigenvalue weighted by molar-refractivity contribution is 0.416. The van der Waals surface area contributed by atoms with E-state index in [4.69, 9.17) is 0 Å². The Kier molecular flexibility index (Phi) is 3.44. The molecule has 106 valence electrons. The smallest absolute Gasteiger partial charge is 0.210 e. The van der Waals surface area contributed by atoms with Crippen LogP contribution in [-0.4, -0.2) is 20.6 Å². The fourth-order valence-corrected chi connectivity index (χ4v) is 4.93. The Labute approximate surface area is 127 Å². The summed E-state index contributed by atoms with van der Waals surface area (Å²) in [7, 11) is 0. The lowest BCUT2D eigenvalue weighted by atomic mass is 9.89. The maximum absolute atomic E-state index is 4.47. The van der Waals surface area contributed by atoms with Crippen molar-refractivity contribution in [2.75, 3.05) is 11.2 Å². The van der Waals surface area contributed by atoms with Gasteiger partial charge in [-0.3, -0.25) is 0 Å². The standard InChI is InChI=1S/C14H18N4S2/c1-2-5-10(6-3-1)13-15-16-14-18(13)17-11(9-20-14)12-7-4-8-19-12/h4,7-8,10-11,17H,1-3,5-6,9H2. The number of hydrogen-bond donors (Lipinski definition) is 1. The third-order valence-electron chi connectivity index (χ3n) is 4.18. The van der Waals surface area contributed by atoms with Crippen molar-refractivity contribution in [1.29, 1.82) is 0 Å². The molecule has 0 radical (unpaired) electrons. The molecule has 2 aromatic rings. The summed E-state index contributed by atoms with van der Waals surface area (Å²) < 4.78 is 2.16. The van der Waals surface area contributed by atoms with Gasteiger partial charge in [-0.25, -0.2) is 4.68 Å². The van der Waals surface area contributed by atoms with E-state index in [0.717, 1.165) is 16.7 Å². The number of aromatic nitrogens is 3. The second-order valence-electron chi connectivity index (χ2n) is 5.52. The van der Waals surface area contributed by atoms with Gasteiger partial charge in [0.05, 0.1) is 6.04 Å². The van der Waals surface area contributed by atoms with Crippen molar-refractivity contribution >= 4 is 23.1 Å². The molecule has 2 aliphatic rings. The van der Waals surface area contributed by atoms with Crippen molar-refractivity contribution in [1.82, 2.24) is 14.9 Å². The van der Waals surface area contributed by atoms with E-state index in [1.165, 1.54) is 37.0 Å². The molecule has 20 heavy (non-hydrogen) atoms. The van der Waals surface area contributed by atoms with E-state index >= 15 is 0 Å². The zero-order valence-corrected chi connectivity index (χ0v) is 12.9. The summed E-state index contributed by atoms with van der Waals surface area (Å²) in [5.41, 5.74) is 3.63. The third kappa shape index (κ3) is 2.24. The molecule has 0 bridgehead atoms. The number of nitrogens with one attached hydrogen (secondary N) is 1. The monoisotopic (exact) mass is 306 g/mol. The molecule has 4 rings (SSSR count). The van der Waals surface area contributed by atoms with E-state index in [1.807, 2.05) is 23.1 Å². The summed E-state index contributed by atoms with van der Waals surface area (Å²) >= 11 is 3.63. The first-order chi connectivity index (χ1) is 9.92. The quantitative estimate of drug-likeness (QED) is 0.917. The average Bonchev–Trinajstić information content (AvgIpc) is 3.17. The van der Waals surface area contributed by atoms with Gasteiger partial charge >= 0.3 is 0 Å². The van der Waals surface area contributed by atoms with Crippen LogP contribution >= 0.6 is 23.1 Å². The second kappa shape index (κ2) is 5.41. The summed E-state index contributed by atoms with van der Waals surface area (Å²) in [5.74, 6) is 2.76. The molecule has 1 unspecified atom stereocenters. The van der Waals surface area contributed by atoms with Gasteiger partial charge in [0.15, 0.2) is 5.82 Å². The Balaban J connectivity index is 1.61. The Morgan fingerprint density at radius 2 is 2.10 bits per heavy atom. The molecule has 1 N–H and O–H groups in total. The predicted molar refractivity (Wildman–Crippen MR) is 83.0 cm³/mol. The largest absolute Gasteiger partial charge is 0.313 e. The van der Waals surface area contributed by atoms with Gasteiger partial charge in [-0.05, 0) is 24.3 Å². The molecule has 1 saturated carbocycles. The van der Waals surface area contributed by atoms with Crippen molar-refractivity contribution in [2.24, 2.45) is 0 Å². The van der Waals surface area contributed by atoms with Crippen LogP contribution in [0, 0.1) is 0 Å². The fourth-order valence-electron chi connectivity index (χ4n) is 3.11. The minimum atomic E-state index is 0.380. The van der Waals surface area contributed by atoms with E-state index in [-0.39, 0.29) is 0 Å². The van der Waals surface area contributed by atoms with Crippen LogP contribution in [0.25, 0.3) is 0 Å². The maximum atomic E-state index is 4.47. The van der Waals surface area contributed by atoms with E-state index in [2.05, 4.69) is 37.8 Å². The van der Waals surface area contributed by atoms with Gasteiger partial charge in [-0.2, -0.15) is 0 Å². The SMILES string of the molecule is c1csc(C2CSc3nnc(C4CCCCC4)n3N2)c1. The van der Waals surface area contributed by atoms with Gasteiger partial charge in [0.25, 0.3) is 0 Å². The van der Waals surface area contributed by atoms with E-state index in [9.17, 15) is 0 Å². The summed E-state index contributed by atoms with van der Waals surface area (Å²) in [6, 6.07) is 4.71. The van der Waals surface area contributed by atoms with Crippen LogP contribution < -0.4 is 5.43 Å². The van der Waals surface area contributed by atoms with Gasteiger partial charge in [0, 0.05) is 16.5 Å². The maximum Gasteiger partial charge on any atom is 0.210 e. The molecule has 6 heteroatoms. The number of rotatable bonds is 2. The van der Waals surface area contributed by atoms with E-state index in [0.29, 0.717) is 12.0 Å². The normalized spacial score (nSPS) is 23.3. The average molecular weight is 306 g/mol. The minimum Gasteiger partial charge on any atom is -0.313 e. The first kappa shape index (κ1) is 12.7. The van der Waals surface area contributed by atoms with Gasteiger partial charge in [0.2, 0.25) is 5.16 Å². The molecule has 3 heterocycles. The zero-order chi connectivity index (χ0) is 13.4. The summed E-state index contributed by atoms with van der Waals surface area (Å²) in [6.45, 7) is 0. The number of hydrogen-bond acceptors (Lipinski definition) is 5. The van der Waals surface area contributed by atoms with Crippen LogP contribution in [0.5, 0.6) is 0 Å². The highest BCUT2D eigenvalue weighted by Gasteiger charge is 2.28. The molecule has 0 saturated heterocycles. The van der Waals surface area contributed by atoms with Crippen LogP contribution in [0.3, 0.4) is 0 Å². The molecular formula is C14H18N4S2. The van der Waals surface area contributed by atoms with Crippen LogP contribution in [0.4, 0.5) is 0 Å². The van der Waals surface area contributed by atoms with Crippen LogP contribution in [0.1, 0.15) is 54.8 Å². The zero-order valence-electron chi connectivity index (χ0n) is 11.3. The molecule has 0 amide bonds. The molecule has 0 aromatic carbocycles. The number of fused-ring (bicyclic) bond motifs is 1. The third-order valence-corrected chi connectivity index (χ3v) is 6.19. The molecule has 1 atom stereocenters. The summed E-state index contributed by atoms with van der Waals surface area (Å²) in [4.78, 5) is 1.39. The highest BCUT2D eigenvalue weighted by Crippen LogP contribution is 2.36. The van der Waals surface area contributed by atoms with E-state index < -0.39 is 0 Å². The van der Waals surface area contributed by atoms with Crippen molar-refractivity contribution in [3.8, 4) is 0 Å². The predicted octanol–water partition coefficient (Wildman–Crippen LogP) is 3.78. The van der Waals surface area contributed by atoms with Gasteiger partial charge in [-0.15, -0.1) is 21.5 Å². The first-order valence-corrected chi connectivity index (χ1v) is 9.16.